The quantitative estimate of drug-likeness (QED) is 0.532. The molecule has 7 heteroatoms. The highest BCUT2D eigenvalue weighted by molar-refractivity contribution is 7.98. The number of nitrogens with two attached hydrogens (primary N) is 1. The molecule has 6 nitrogen and oxygen atoms in total. The third-order valence-electron chi connectivity index (χ3n) is 3.15. The zero-order valence-electron chi connectivity index (χ0n) is 12.4. The number of nitrogens with zero attached hydrogens (tertiary/aromatic N) is 4. The Balaban J connectivity index is 1.60. The number of benzene rings is 1. The van der Waals surface area contributed by atoms with Gasteiger partial charge in [-0.25, -0.2) is 19.9 Å². The van der Waals surface area contributed by atoms with Gasteiger partial charge in [-0.1, -0.05) is 30.3 Å². The Labute approximate surface area is 138 Å². The third-order valence-corrected chi connectivity index (χ3v) is 4.15. The van der Waals surface area contributed by atoms with E-state index in [1.54, 1.807) is 24.3 Å². The monoisotopic (exact) mass is 324 g/mol. The topological polar surface area (TPSA) is 89.6 Å². The molecule has 0 saturated carbocycles. The van der Waals surface area contributed by atoms with Crippen molar-refractivity contribution >= 4 is 23.4 Å². The van der Waals surface area contributed by atoms with Crippen molar-refractivity contribution in [2.24, 2.45) is 0 Å². The summed E-state index contributed by atoms with van der Waals surface area (Å²) in [5.74, 6) is 2.09. The van der Waals surface area contributed by atoms with Gasteiger partial charge in [-0.15, -0.1) is 11.8 Å². The van der Waals surface area contributed by atoms with Crippen LogP contribution in [-0.4, -0.2) is 19.9 Å². The maximum atomic E-state index is 5.80. The van der Waals surface area contributed by atoms with Gasteiger partial charge in [0.2, 0.25) is 0 Å². The van der Waals surface area contributed by atoms with Gasteiger partial charge < -0.3 is 11.1 Å². The minimum atomic E-state index is 0.472. The van der Waals surface area contributed by atoms with Crippen LogP contribution in [0.2, 0.25) is 0 Å². The summed E-state index contributed by atoms with van der Waals surface area (Å²) in [5.41, 5.74) is 7.90. The van der Waals surface area contributed by atoms with Crippen molar-refractivity contribution in [2.45, 2.75) is 17.3 Å². The molecule has 2 aromatic heterocycles. The second-order valence-electron chi connectivity index (χ2n) is 4.80. The Morgan fingerprint density at radius 3 is 2.74 bits per heavy atom. The third kappa shape index (κ3) is 4.40. The second kappa shape index (κ2) is 7.55. The molecule has 23 heavy (non-hydrogen) atoms. The van der Waals surface area contributed by atoms with Gasteiger partial charge in [0.05, 0.1) is 0 Å². The van der Waals surface area contributed by atoms with E-state index in [9.17, 15) is 0 Å². The Morgan fingerprint density at radius 1 is 1.04 bits per heavy atom. The minimum absolute atomic E-state index is 0.472. The van der Waals surface area contributed by atoms with E-state index in [2.05, 4.69) is 37.4 Å². The molecule has 0 bridgehead atoms. The molecule has 116 valence electrons. The van der Waals surface area contributed by atoms with Crippen LogP contribution < -0.4 is 11.1 Å². The standard InChI is InChI=1S/C16H16N6S/c17-16-13(7-18-10-22-16)8-19-14-6-15(21-11-20-14)23-9-12-4-2-1-3-5-12/h1-7,10-11H,8-9H2,(H2,17,18,22)(H,19,20,21). The fourth-order valence-electron chi connectivity index (χ4n) is 1.94. The molecule has 3 rings (SSSR count). The summed E-state index contributed by atoms with van der Waals surface area (Å²) in [6.07, 6.45) is 4.68. The molecule has 3 N–H and O–H groups in total. The number of hydrogen-bond acceptors (Lipinski definition) is 7. The number of rotatable bonds is 6. The first-order chi connectivity index (χ1) is 11.3. The van der Waals surface area contributed by atoms with Crippen molar-refractivity contribution in [2.75, 3.05) is 11.1 Å². The summed E-state index contributed by atoms with van der Waals surface area (Å²) in [4.78, 5) is 16.4. The van der Waals surface area contributed by atoms with Gasteiger partial charge in [-0.2, -0.15) is 0 Å². The van der Waals surface area contributed by atoms with Gasteiger partial charge in [0.1, 0.15) is 29.3 Å². The lowest BCUT2D eigenvalue weighted by Gasteiger charge is -2.08. The lowest BCUT2D eigenvalue weighted by Crippen LogP contribution is -2.06. The van der Waals surface area contributed by atoms with E-state index in [0.717, 1.165) is 22.2 Å². The number of nitrogens with one attached hydrogen (secondary N) is 1. The molecule has 0 aliphatic heterocycles. The Hall–Kier alpha value is -2.67. The smallest absolute Gasteiger partial charge is 0.131 e. The molecule has 2 heterocycles. The SMILES string of the molecule is Nc1ncncc1CNc1cc(SCc2ccccc2)ncn1. The van der Waals surface area contributed by atoms with Gasteiger partial charge in [0, 0.05) is 30.1 Å². The van der Waals surface area contributed by atoms with Crippen LogP contribution >= 0.6 is 11.8 Å². The molecule has 1 aromatic carbocycles. The lowest BCUT2D eigenvalue weighted by atomic mass is 10.2. The van der Waals surface area contributed by atoms with Gasteiger partial charge >= 0.3 is 0 Å². The van der Waals surface area contributed by atoms with Crippen LogP contribution in [0.5, 0.6) is 0 Å². The summed E-state index contributed by atoms with van der Waals surface area (Å²) in [7, 11) is 0. The molecule has 0 aliphatic rings. The van der Waals surface area contributed by atoms with Crippen LogP contribution in [0.25, 0.3) is 0 Å². The van der Waals surface area contributed by atoms with Gasteiger partial charge in [-0.3, -0.25) is 0 Å². The predicted octanol–water partition coefficient (Wildman–Crippen LogP) is 2.75. The first kappa shape index (κ1) is 15.2. The zero-order valence-corrected chi connectivity index (χ0v) is 13.2. The van der Waals surface area contributed by atoms with E-state index >= 15 is 0 Å². The maximum absolute atomic E-state index is 5.80. The minimum Gasteiger partial charge on any atom is -0.383 e. The van der Waals surface area contributed by atoms with Crippen molar-refractivity contribution < 1.29 is 0 Å². The Kier molecular flexibility index (Phi) is 5.00. The summed E-state index contributed by atoms with van der Waals surface area (Å²) < 4.78 is 0. The van der Waals surface area contributed by atoms with Gasteiger partial charge in [-0.05, 0) is 5.56 Å². The maximum Gasteiger partial charge on any atom is 0.131 e. The first-order valence-electron chi connectivity index (χ1n) is 7.08. The molecule has 0 fully saturated rings. The van der Waals surface area contributed by atoms with E-state index in [0.29, 0.717) is 12.4 Å². The molecular formula is C16H16N6S. The summed E-state index contributed by atoms with van der Waals surface area (Å²) in [6.45, 7) is 0.520. The van der Waals surface area contributed by atoms with Crippen LogP contribution in [0, 0.1) is 0 Å². The summed E-state index contributed by atoms with van der Waals surface area (Å²) >= 11 is 1.67. The van der Waals surface area contributed by atoms with Crippen LogP contribution in [0.3, 0.4) is 0 Å². The fourth-order valence-corrected chi connectivity index (χ4v) is 2.76. The Morgan fingerprint density at radius 2 is 1.91 bits per heavy atom. The Bertz CT molecular complexity index is 765. The molecule has 0 radical (unpaired) electrons. The summed E-state index contributed by atoms with van der Waals surface area (Å²) in [6, 6.07) is 12.2. The van der Waals surface area contributed by atoms with E-state index in [1.807, 2.05) is 24.3 Å². The molecule has 0 atom stereocenters. The van der Waals surface area contributed by atoms with Gasteiger partial charge in [0.25, 0.3) is 0 Å². The number of anilines is 2. The van der Waals surface area contributed by atoms with E-state index in [-0.39, 0.29) is 0 Å². The molecule has 3 aromatic rings. The van der Waals surface area contributed by atoms with Crippen molar-refractivity contribution in [3.8, 4) is 0 Å². The van der Waals surface area contributed by atoms with Crippen molar-refractivity contribution in [3.63, 3.8) is 0 Å². The first-order valence-corrected chi connectivity index (χ1v) is 8.07. The largest absolute Gasteiger partial charge is 0.383 e. The number of nitrogen functional groups attached to an aromatic ring is 1. The molecule has 0 saturated heterocycles. The molecular weight excluding hydrogens is 308 g/mol. The second-order valence-corrected chi connectivity index (χ2v) is 5.80. The molecule has 0 amide bonds. The molecule has 0 spiro atoms. The number of aromatic nitrogens is 4. The zero-order chi connectivity index (χ0) is 15.9. The highest BCUT2D eigenvalue weighted by Crippen LogP contribution is 2.22. The molecule has 0 unspecified atom stereocenters. The number of thioether (sulfide) groups is 1. The van der Waals surface area contributed by atoms with Crippen LogP contribution in [0.4, 0.5) is 11.6 Å². The van der Waals surface area contributed by atoms with E-state index in [4.69, 9.17) is 5.73 Å². The van der Waals surface area contributed by atoms with Crippen LogP contribution in [0.1, 0.15) is 11.1 Å². The summed E-state index contributed by atoms with van der Waals surface area (Å²) in [5, 5.41) is 4.14. The van der Waals surface area contributed by atoms with Crippen LogP contribution in [-0.2, 0) is 12.3 Å². The van der Waals surface area contributed by atoms with Crippen LogP contribution in [0.15, 0.2) is 60.3 Å². The highest BCUT2D eigenvalue weighted by Gasteiger charge is 2.03. The number of hydrogen-bond donors (Lipinski definition) is 2. The van der Waals surface area contributed by atoms with Crippen molar-refractivity contribution in [1.82, 2.24) is 19.9 Å². The van der Waals surface area contributed by atoms with Crippen molar-refractivity contribution in [1.29, 1.82) is 0 Å². The van der Waals surface area contributed by atoms with E-state index in [1.165, 1.54) is 11.9 Å². The lowest BCUT2D eigenvalue weighted by molar-refractivity contribution is 1.00. The van der Waals surface area contributed by atoms with E-state index < -0.39 is 0 Å². The normalized spacial score (nSPS) is 10.4. The molecule has 0 aliphatic carbocycles. The van der Waals surface area contributed by atoms with Crippen molar-refractivity contribution in [3.05, 3.63) is 66.4 Å². The van der Waals surface area contributed by atoms with Gasteiger partial charge in [0.15, 0.2) is 0 Å². The highest BCUT2D eigenvalue weighted by atomic mass is 32.2. The average Bonchev–Trinajstić information content (AvgIpc) is 2.61. The average molecular weight is 324 g/mol. The predicted molar refractivity (Wildman–Crippen MR) is 91.8 cm³/mol. The fraction of sp³-hybridized carbons (Fsp3) is 0.125.